The summed E-state index contributed by atoms with van der Waals surface area (Å²) in [7, 11) is -2.36. The minimum absolute atomic E-state index is 0.0201. The summed E-state index contributed by atoms with van der Waals surface area (Å²) in [6, 6.07) is 11.7. The smallest absolute Gasteiger partial charge is 0.325 e. The lowest BCUT2D eigenvalue weighted by Gasteiger charge is -2.31. The quantitative estimate of drug-likeness (QED) is 0.437. The summed E-state index contributed by atoms with van der Waals surface area (Å²) >= 11 is 6.44. The summed E-state index contributed by atoms with van der Waals surface area (Å²) in [6.07, 6.45) is 3.57. The Hall–Kier alpha value is -2.88. The first-order valence-electron chi connectivity index (χ1n) is 11.7. The molecule has 1 N–H and O–H groups in total. The van der Waals surface area contributed by atoms with Gasteiger partial charge < -0.3 is 9.84 Å². The third kappa shape index (κ3) is 5.28. The van der Waals surface area contributed by atoms with E-state index in [4.69, 9.17) is 21.4 Å². The molecule has 1 atom stereocenters. The lowest BCUT2D eigenvalue weighted by Crippen LogP contribution is -2.33. The average Bonchev–Trinajstić information content (AvgIpc) is 3.22. The number of hydrogen-bond donors (Lipinski definition) is 1. The van der Waals surface area contributed by atoms with Crippen LogP contribution < -0.4 is 4.74 Å². The van der Waals surface area contributed by atoms with Gasteiger partial charge in [0.25, 0.3) is 0 Å². The van der Waals surface area contributed by atoms with Crippen molar-refractivity contribution in [1.29, 1.82) is 0 Å². The van der Waals surface area contributed by atoms with Crippen LogP contribution in [0.1, 0.15) is 56.5 Å². The number of hydrogen-bond acceptors (Lipinski definition) is 5. The van der Waals surface area contributed by atoms with Crippen LogP contribution in [0.4, 0.5) is 0 Å². The van der Waals surface area contributed by atoms with Crippen molar-refractivity contribution in [2.75, 3.05) is 7.05 Å². The molecule has 0 radical (unpaired) electrons. The number of aromatic nitrogens is 2. The van der Waals surface area contributed by atoms with Crippen molar-refractivity contribution < 1.29 is 23.1 Å². The molecule has 0 spiro atoms. The van der Waals surface area contributed by atoms with Gasteiger partial charge in [0.15, 0.2) is 0 Å². The molecule has 36 heavy (non-hydrogen) atoms. The summed E-state index contributed by atoms with van der Waals surface area (Å²) < 4.78 is 35.6. The first-order chi connectivity index (χ1) is 16.9. The predicted octanol–water partition coefficient (Wildman–Crippen LogP) is 5.41. The lowest BCUT2D eigenvalue weighted by atomic mass is 9.87. The molecule has 0 bridgehead atoms. The van der Waals surface area contributed by atoms with Crippen LogP contribution in [0.5, 0.6) is 11.5 Å². The number of nitrogens with zero attached hydrogens (tertiary/aromatic N) is 3. The SMILES string of the molecule is CN(C1CCCc2c1cnn2CC(=O)O)S(=O)(=O)c1ccc(Oc2ccc(C(C)(C)C)cc2)c(Cl)c1. The number of halogens is 1. The molecular formula is C26H30ClN3O5S. The zero-order valence-electron chi connectivity index (χ0n) is 20.7. The maximum atomic E-state index is 13.5. The molecular weight excluding hydrogens is 502 g/mol. The zero-order valence-corrected chi connectivity index (χ0v) is 22.3. The Bertz CT molecular complexity index is 1380. The summed E-state index contributed by atoms with van der Waals surface area (Å²) in [5.41, 5.74) is 2.68. The third-order valence-corrected chi connectivity index (χ3v) is 8.64. The van der Waals surface area contributed by atoms with Crippen molar-refractivity contribution in [1.82, 2.24) is 14.1 Å². The number of fused-ring (bicyclic) bond motifs is 1. The van der Waals surface area contributed by atoms with Gasteiger partial charge >= 0.3 is 5.97 Å². The Balaban J connectivity index is 1.55. The van der Waals surface area contributed by atoms with Crippen LogP contribution in [0.25, 0.3) is 0 Å². The highest BCUT2D eigenvalue weighted by Crippen LogP contribution is 2.38. The molecule has 1 unspecified atom stereocenters. The number of carbonyl (C=O) groups is 1. The molecule has 0 amide bonds. The lowest BCUT2D eigenvalue weighted by molar-refractivity contribution is -0.137. The first-order valence-corrected chi connectivity index (χ1v) is 13.5. The van der Waals surface area contributed by atoms with E-state index in [0.717, 1.165) is 17.7 Å². The monoisotopic (exact) mass is 531 g/mol. The van der Waals surface area contributed by atoms with Crippen LogP contribution in [0.2, 0.25) is 5.02 Å². The number of carboxylic acid groups (broad SMARTS) is 1. The normalized spacial score (nSPS) is 16.1. The van der Waals surface area contributed by atoms with Gasteiger partial charge in [0, 0.05) is 18.3 Å². The molecule has 8 nitrogen and oxygen atoms in total. The highest BCUT2D eigenvalue weighted by molar-refractivity contribution is 7.89. The highest BCUT2D eigenvalue weighted by atomic mass is 35.5. The van der Waals surface area contributed by atoms with Crippen LogP contribution in [0.3, 0.4) is 0 Å². The number of ether oxygens (including phenoxy) is 1. The van der Waals surface area contributed by atoms with Gasteiger partial charge in [0.2, 0.25) is 10.0 Å². The summed E-state index contributed by atoms with van der Waals surface area (Å²) in [4.78, 5) is 11.2. The van der Waals surface area contributed by atoms with Crippen molar-refractivity contribution in [3.63, 3.8) is 0 Å². The Morgan fingerprint density at radius 1 is 1.22 bits per heavy atom. The average molecular weight is 532 g/mol. The fourth-order valence-electron chi connectivity index (χ4n) is 4.45. The highest BCUT2D eigenvalue weighted by Gasteiger charge is 2.34. The largest absolute Gasteiger partial charge is 0.480 e. The molecule has 0 saturated carbocycles. The second-order valence-corrected chi connectivity index (χ2v) is 12.4. The van der Waals surface area contributed by atoms with Gasteiger partial charge in [-0.25, -0.2) is 8.42 Å². The second-order valence-electron chi connectivity index (χ2n) is 10.00. The van der Waals surface area contributed by atoms with Gasteiger partial charge in [-0.15, -0.1) is 0 Å². The van der Waals surface area contributed by atoms with Gasteiger partial charge in [-0.05, 0) is 60.6 Å². The number of benzene rings is 2. The van der Waals surface area contributed by atoms with E-state index in [1.807, 2.05) is 24.3 Å². The molecule has 0 fully saturated rings. The fourth-order valence-corrected chi connectivity index (χ4v) is 6.12. The topological polar surface area (TPSA) is 102 Å². The molecule has 0 aliphatic heterocycles. The van der Waals surface area contributed by atoms with E-state index in [2.05, 4.69) is 25.9 Å². The Morgan fingerprint density at radius 2 is 1.92 bits per heavy atom. The second kappa shape index (κ2) is 9.88. The molecule has 4 rings (SSSR count). The predicted molar refractivity (Wildman–Crippen MR) is 137 cm³/mol. The van der Waals surface area contributed by atoms with Gasteiger partial charge in [0.1, 0.15) is 18.0 Å². The van der Waals surface area contributed by atoms with Crippen LogP contribution in [-0.2, 0) is 33.2 Å². The molecule has 1 heterocycles. The summed E-state index contributed by atoms with van der Waals surface area (Å²) in [5, 5.41) is 13.5. The first kappa shape index (κ1) is 26.2. The van der Waals surface area contributed by atoms with Crippen LogP contribution in [0.15, 0.2) is 53.6 Å². The fraction of sp³-hybridized carbons (Fsp3) is 0.385. The molecule has 192 valence electrons. The van der Waals surface area contributed by atoms with E-state index < -0.39 is 22.0 Å². The molecule has 0 saturated heterocycles. The van der Waals surface area contributed by atoms with E-state index in [9.17, 15) is 13.2 Å². The van der Waals surface area contributed by atoms with E-state index in [1.54, 1.807) is 12.3 Å². The minimum atomic E-state index is -3.89. The van der Waals surface area contributed by atoms with Crippen molar-refractivity contribution >= 4 is 27.6 Å². The van der Waals surface area contributed by atoms with Crippen molar-refractivity contribution in [3.05, 3.63) is 70.5 Å². The Labute approximate surface area is 216 Å². The number of aliphatic carboxylic acids is 1. The molecule has 1 aliphatic carbocycles. The Kier molecular flexibility index (Phi) is 7.19. The molecule has 1 aromatic heterocycles. The maximum Gasteiger partial charge on any atom is 0.325 e. The van der Waals surface area contributed by atoms with Crippen LogP contribution >= 0.6 is 11.6 Å². The molecule has 3 aromatic rings. The summed E-state index contributed by atoms with van der Waals surface area (Å²) in [5.74, 6) is -0.0338. The molecule has 10 heteroatoms. The standard InChI is InChI=1S/C26H30ClN3O5S/c1-26(2,3)17-8-10-18(11-9-17)35-24-13-12-19(14-21(24)27)36(33,34)29(4)22-6-5-7-23-20(22)15-28-30(23)16-25(31)32/h8-15,22H,5-7,16H2,1-4H3,(H,31,32). The van der Waals surface area contributed by atoms with Crippen molar-refractivity contribution in [2.24, 2.45) is 0 Å². The maximum absolute atomic E-state index is 13.5. The third-order valence-electron chi connectivity index (χ3n) is 6.48. The van der Waals surface area contributed by atoms with Gasteiger partial charge in [0.05, 0.1) is 22.2 Å². The number of carboxylic acids is 1. The number of rotatable bonds is 7. The van der Waals surface area contributed by atoms with Gasteiger partial charge in [-0.3, -0.25) is 9.48 Å². The zero-order chi connectivity index (χ0) is 26.3. The molecule has 2 aromatic carbocycles. The van der Waals surface area contributed by atoms with Crippen LogP contribution in [-0.4, -0.2) is 40.6 Å². The van der Waals surface area contributed by atoms with E-state index in [1.165, 1.54) is 33.7 Å². The van der Waals surface area contributed by atoms with Gasteiger partial charge in [-0.1, -0.05) is 44.5 Å². The minimum Gasteiger partial charge on any atom is -0.480 e. The van der Waals surface area contributed by atoms with E-state index in [0.29, 0.717) is 24.3 Å². The summed E-state index contributed by atoms with van der Waals surface area (Å²) in [6.45, 7) is 6.14. The molecule has 1 aliphatic rings. The Morgan fingerprint density at radius 3 is 2.53 bits per heavy atom. The van der Waals surface area contributed by atoms with Crippen LogP contribution in [0, 0.1) is 0 Å². The van der Waals surface area contributed by atoms with Crippen molar-refractivity contribution in [2.45, 2.75) is 62.9 Å². The number of sulfonamides is 1. The van der Waals surface area contributed by atoms with Gasteiger partial charge in [-0.2, -0.15) is 9.40 Å². The van der Waals surface area contributed by atoms with Crippen molar-refractivity contribution in [3.8, 4) is 11.5 Å². The van der Waals surface area contributed by atoms with E-state index in [-0.39, 0.29) is 21.9 Å². The van der Waals surface area contributed by atoms with E-state index >= 15 is 0 Å².